The highest BCUT2D eigenvalue weighted by Gasteiger charge is 2.16. The first-order valence-electron chi connectivity index (χ1n) is 9.02. The molecule has 148 valence electrons. The predicted octanol–water partition coefficient (Wildman–Crippen LogP) is 5.02. The topological polar surface area (TPSA) is 64.6 Å². The SMILES string of the molecule is Cc1cc(Cl)ccc1NC(=O)COC(=O)c1ccccc1OCc1ccccc1. The Morgan fingerprint density at radius 2 is 1.69 bits per heavy atom. The Morgan fingerprint density at radius 3 is 2.45 bits per heavy atom. The first-order chi connectivity index (χ1) is 14.0. The first kappa shape index (κ1) is 20.4. The van der Waals surface area contributed by atoms with E-state index >= 15 is 0 Å². The minimum absolute atomic E-state index is 0.263. The highest BCUT2D eigenvalue weighted by atomic mass is 35.5. The zero-order valence-corrected chi connectivity index (χ0v) is 16.6. The van der Waals surface area contributed by atoms with Crippen LogP contribution in [0, 0.1) is 6.92 Å². The van der Waals surface area contributed by atoms with E-state index in [1.165, 1.54) is 0 Å². The number of carbonyl (C=O) groups excluding carboxylic acids is 2. The fourth-order valence-corrected chi connectivity index (χ4v) is 2.89. The van der Waals surface area contributed by atoms with Crippen LogP contribution in [0.1, 0.15) is 21.5 Å². The van der Waals surface area contributed by atoms with Crippen LogP contribution in [-0.2, 0) is 16.1 Å². The fraction of sp³-hybridized carbons (Fsp3) is 0.130. The van der Waals surface area contributed by atoms with Gasteiger partial charge in [0, 0.05) is 10.7 Å². The van der Waals surface area contributed by atoms with Crippen LogP contribution in [0.3, 0.4) is 0 Å². The molecule has 29 heavy (non-hydrogen) atoms. The molecule has 0 saturated carbocycles. The number of amides is 1. The van der Waals surface area contributed by atoms with Crippen molar-refractivity contribution < 1.29 is 19.1 Å². The highest BCUT2D eigenvalue weighted by molar-refractivity contribution is 6.30. The van der Waals surface area contributed by atoms with Gasteiger partial charge in [0.15, 0.2) is 6.61 Å². The summed E-state index contributed by atoms with van der Waals surface area (Å²) in [6.45, 7) is 1.74. The van der Waals surface area contributed by atoms with E-state index in [1.54, 1.807) is 42.5 Å². The molecule has 1 N–H and O–H groups in total. The summed E-state index contributed by atoms with van der Waals surface area (Å²) in [5.74, 6) is -0.668. The number of ether oxygens (including phenoxy) is 2. The van der Waals surface area contributed by atoms with Crippen molar-refractivity contribution in [3.05, 3.63) is 94.5 Å². The Hall–Kier alpha value is -3.31. The van der Waals surface area contributed by atoms with Gasteiger partial charge in [-0.15, -0.1) is 0 Å². The van der Waals surface area contributed by atoms with Gasteiger partial charge in [0.05, 0.1) is 0 Å². The van der Waals surface area contributed by atoms with Crippen molar-refractivity contribution >= 4 is 29.2 Å². The van der Waals surface area contributed by atoms with E-state index in [-0.39, 0.29) is 5.56 Å². The third-order valence-corrected chi connectivity index (χ3v) is 4.38. The normalized spacial score (nSPS) is 10.3. The standard InChI is InChI=1S/C23H20ClNO4/c1-16-13-18(24)11-12-20(16)25-22(26)15-29-23(27)19-9-5-6-10-21(19)28-14-17-7-3-2-4-8-17/h2-13H,14-15H2,1H3,(H,25,26). The molecule has 6 heteroatoms. The van der Waals surface area contributed by atoms with Crippen molar-refractivity contribution in [3.63, 3.8) is 0 Å². The summed E-state index contributed by atoms with van der Waals surface area (Å²) in [5, 5.41) is 3.28. The molecule has 0 spiro atoms. The molecule has 0 fully saturated rings. The Balaban J connectivity index is 1.58. The predicted molar refractivity (Wildman–Crippen MR) is 112 cm³/mol. The minimum atomic E-state index is -0.628. The Kier molecular flexibility index (Phi) is 6.87. The van der Waals surface area contributed by atoms with E-state index in [2.05, 4.69) is 5.32 Å². The third kappa shape index (κ3) is 5.83. The van der Waals surface area contributed by atoms with Crippen LogP contribution in [-0.4, -0.2) is 18.5 Å². The van der Waals surface area contributed by atoms with Crippen LogP contribution in [0.15, 0.2) is 72.8 Å². The number of rotatable bonds is 7. The maximum atomic E-state index is 12.4. The van der Waals surface area contributed by atoms with Gasteiger partial charge in [-0.2, -0.15) is 0 Å². The average Bonchev–Trinajstić information content (AvgIpc) is 2.73. The molecule has 0 aliphatic carbocycles. The van der Waals surface area contributed by atoms with Gasteiger partial charge in [-0.3, -0.25) is 4.79 Å². The number of hydrogen-bond donors (Lipinski definition) is 1. The lowest BCUT2D eigenvalue weighted by Gasteiger charge is -2.12. The monoisotopic (exact) mass is 409 g/mol. The van der Waals surface area contributed by atoms with Crippen LogP contribution in [0.25, 0.3) is 0 Å². The van der Waals surface area contributed by atoms with Gasteiger partial charge in [0.2, 0.25) is 0 Å². The molecule has 5 nitrogen and oxygen atoms in total. The highest BCUT2D eigenvalue weighted by Crippen LogP contribution is 2.21. The van der Waals surface area contributed by atoms with Crippen molar-refractivity contribution in [1.82, 2.24) is 0 Å². The van der Waals surface area contributed by atoms with Crippen molar-refractivity contribution in [2.24, 2.45) is 0 Å². The molecule has 0 heterocycles. The van der Waals surface area contributed by atoms with Gasteiger partial charge in [0.1, 0.15) is 17.9 Å². The number of para-hydroxylation sites is 1. The van der Waals surface area contributed by atoms with Crippen LogP contribution < -0.4 is 10.1 Å². The van der Waals surface area contributed by atoms with Crippen molar-refractivity contribution in [3.8, 4) is 5.75 Å². The van der Waals surface area contributed by atoms with Gasteiger partial charge in [-0.05, 0) is 48.4 Å². The molecule has 0 aliphatic heterocycles. The van der Waals surface area contributed by atoms with Crippen molar-refractivity contribution in [1.29, 1.82) is 0 Å². The zero-order chi connectivity index (χ0) is 20.6. The van der Waals surface area contributed by atoms with Crippen LogP contribution in [0.5, 0.6) is 5.75 Å². The number of benzene rings is 3. The van der Waals surface area contributed by atoms with E-state index in [4.69, 9.17) is 21.1 Å². The summed E-state index contributed by atoms with van der Waals surface area (Å²) in [6, 6.07) is 21.5. The lowest BCUT2D eigenvalue weighted by molar-refractivity contribution is -0.119. The average molecular weight is 410 g/mol. The van der Waals surface area contributed by atoms with E-state index in [1.807, 2.05) is 37.3 Å². The van der Waals surface area contributed by atoms with Gasteiger partial charge >= 0.3 is 5.97 Å². The number of esters is 1. The number of hydrogen-bond acceptors (Lipinski definition) is 4. The second-order valence-electron chi connectivity index (χ2n) is 6.35. The summed E-state index contributed by atoms with van der Waals surface area (Å²) < 4.78 is 10.9. The molecule has 0 aromatic heterocycles. The van der Waals surface area contributed by atoms with Crippen LogP contribution >= 0.6 is 11.6 Å². The number of aryl methyl sites for hydroxylation is 1. The van der Waals surface area contributed by atoms with Crippen molar-refractivity contribution in [2.75, 3.05) is 11.9 Å². The molecule has 0 unspecified atom stereocenters. The molecule has 0 saturated heterocycles. The lowest BCUT2D eigenvalue weighted by atomic mass is 10.2. The smallest absolute Gasteiger partial charge is 0.342 e. The summed E-state index contributed by atoms with van der Waals surface area (Å²) in [4.78, 5) is 24.6. The molecule has 0 aliphatic rings. The minimum Gasteiger partial charge on any atom is -0.488 e. The molecule has 3 aromatic carbocycles. The quantitative estimate of drug-likeness (QED) is 0.556. The van der Waals surface area contributed by atoms with E-state index < -0.39 is 18.5 Å². The van der Waals surface area contributed by atoms with Gasteiger partial charge in [0.25, 0.3) is 5.91 Å². The van der Waals surface area contributed by atoms with Crippen LogP contribution in [0.4, 0.5) is 5.69 Å². The van der Waals surface area contributed by atoms with E-state index in [9.17, 15) is 9.59 Å². The molecule has 3 aromatic rings. The molecule has 0 atom stereocenters. The second kappa shape index (κ2) is 9.75. The number of nitrogens with one attached hydrogen (secondary N) is 1. The zero-order valence-electron chi connectivity index (χ0n) is 15.9. The Labute approximate surface area is 174 Å². The fourth-order valence-electron chi connectivity index (χ4n) is 2.66. The second-order valence-corrected chi connectivity index (χ2v) is 6.79. The van der Waals surface area contributed by atoms with E-state index in [0.29, 0.717) is 23.1 Å². The molecule has 0 radical (unpaired) electrons. The molecule has 1 amide bonds. The third-order valence-electron chi connectivity index (χ3n) is 4.14. The first-order valence-corrected chi connectivity index (χ1v) is 9.39. The van der Waals surface area contributed by atoms with Gasteiger partial charge in [-0.25, -0.2) is 4.79 Å². The molecular weight excluding hydrogens is 390 g/mol. The molecule has 3 rings (SSSR count). The molecular formula is C23H20ClNO4. The van der Waals surface area contributed by atoms with Crippen LogP contribution in [0.2, 0.25) is 5.02 Å². The summed E-state index contributed by atoms with van der Waals surface area (Å²) in [5.41, 5.74) is 2.67. The number of halogens is 1. The largest absolute Gasteiger partial charge is 0.488 e. The van der Waals surface area contributed by atoms with Gasteiger partial charge in [-0.1, -0.05) is 54.1 Å². The van der Waals surface area contributed by atoms with Crippen molar-refractivity contribution in [2.45, 2.75) is 13.5 Å². The maximum absolute atomic E-state index is 12.4. The summed E-state index contributed by atoms with van der Waals surface area (Å²) >= 11 is 5.91. The maximum Gasteiger partial charge on any atom is 0.342 e. The van der Waals surface area contributed by atoms with E-state index in [0.717, 1.165) is 11.1 Å². The summed E-state index contributed by atoms with van der Waals surface area (Å²) in [6.07, 6.45) is 0. The Bertz CT molecular complexity index is 1000. The van der Waals surface area contributed by atoms with Gasteiger partial charge < -0.3 is 14.8 Å². The summed E-state index contributed by atoms with van der Waals surface area (Å²) in [7, 11) is 0. The number of carbonyl (C=O) groups is 2. The lowest BCUT2D eigenvalue weighted by Crippen LogP contribution is -2.21. The Morgan fingerprint density at radius 1 is 0.966 bits per heavy atom. The molecule has 0 bridgehead atoms. The number of anilines is 1.